The van der Waals surface area contributed by atoms with E-state index in [1.54, 1.807) is 0 Å². The molecule has 0 aliphatic rings. The summed E-state index contributed by atoms with van der Waals surface area (Å²) in [5.41, 5.74) is 9.08. The van der Waals surface area contributed by atoms with Crippen LogP contribution in [0.3, 0.4) is 0 Å². The molecular weight excluding hydrogens is 232 g/mol. The molecule has 0 spiro atoms. The lowest BCUT2D eigenvalue weighted by molar-refractivity contribution is -0.139. The zero-order valence-corrected chi connectivity index (χ0v) is 9.99. The third-order valence-corrected chi connectivity index (χ3v) is 2.47. The van der Waals surface area contributed by atoms with Crippen molar-refractivity contribution < 1.29 is 9.90 Å². The Hall–Kier alpha value is -2.04. The van der Waals surface area contributed by atoms with Crippen LogP contribution in [-0.4, -0.2) is 30.2 Å². The first kappa shape index (κ1) is 14.0. The summed E-state index contributed by atoms with van der Waals surface area (Å²) in [5.74, 6) is -0.873. The summed E-state index contributed by atoms with van der Waals surface area (Å²) < 4.78 is 0. The maximum atomic E-state index is 11.1. The number of carbonyl (C=O) groups is 1. The van der Waals surface area contributed by atoms with Gasteiger partial charge in [0.25, 0.3) is 0 Å². The SMILES string of the molecule is [N-]=[N+]=NCCCNC(Cc1ccccc1)C(=O)O. The second-order valence-corrected chi connectivity index (χ2v) is 3.84. The van der Waals surface area contributed by atoms with Gasteiger partial charge in [-0.15, -0.1) is 0 Å². The van der Waals surface area contributed by atoms with Crippen molar-refractivity contribution in [3.63, 3.8) is 0 Å². The molecule has 0 aliphatic carbocycles. The number of carboxylic acids is 1. The van der Waals surface area contributed by atoms with E-state index >= 15 is 0 Å². The molecular formula is C12H16N4O2. The van der Waals surface area contributed by atoms with Crippen LogP contribution in [0.1, 0.15) is 12.0 Å². The molecule has 0 bridgehead atoms. The Kier molecular flexibility index (Phi) is 6.32. The summed E-state index contributed by atoms with van der Waals surface area (Å²) in [7, 11) is 0. The third kappa shape index (κ3) is 5.34. The molecule has 0 aliphatic heterocycles. The van der Waals surface area contributed by atoms with Crippen LogP contribution < -0.4 is 5.32 Å². The molecule has 96 valence electrons. The fraction of sp³-hybridized carbons (Fsp3) is 0.417. The average molecular weight is 248 g/mol. The van der Waals surface area contributed by atoms with Gasteiger partial charge in [0.1, 0.15) is 6.04 Å². The summed E-state index contributed by atoms with van der Waals surface area (Å²) >= 11 is 0. The van der Waals surface area contributed by atoms with Crippen molar-refractivity contribution >= 4 is 5.97 Å². The van der Waals surface area contributed by atoms with Crippen molar-refractivity contribution in [3.05, 3.63) is 46.3 Å². The van der Waals surface area contributed by atoms with Gasteiger partial charge in [-0.1, -0.05) is 35.4 Å². The van der Waals surface area contributed by atoms with Crippen molar-refractivity contribution in [3.8, 4) is 0 Å². The minimum atomic E-state index is -0.873. The van der Waals surface area contributed by atoms with Crippen molar-refractivity contribution in [1.29, 1.82) is 0 Å². The molecule has 0 heterocycles. The molecule has 0 amide bonds. The first-order valence-electron chi connectivity index (χ1n) is 5.75. The molecule has 2 N–H and O–H groups in total. The number of hydrogen-bond donors (Lipinski definition) is 2. The number of aliphatic carboxylic acids is 1. The maximum absolute atomic E-state index is 11.1. The minimum Gasteiger partial charge on any atom is -0.480 e. The smallest absolute Gasteiger partial charge is 0.321 e. The van der Waals surface area contributed by atoms with Crippen molar-refractivity contribution in [2.24, 2.45) is 5.11 Å². The molecule has 1 atom stereocenters. The number of nitrogens with zero attached hydrogens (tertiary/aromatic N) is 3. The van der Waals surface area contributed by atoms with Crippen LogP contribution in [0.25, 0.3) is 10.4 Å². The first-order chi connectivity index (χ1) is 8.74. The van der Waals surface area contributed by atoms with Gasteiger partial charge in [-0.3, -0.25) is 4.79 Å². The predicted molar refractivity (Wildman–Crippen MR) is 68.2 cm³/mol. The molecule has 6 heteroatoms. The van der Waals surface area contributed by atoms with E-state index in [4.69, 9.17) is 10.6 Å². The largest absolute Gasteiger partial charge is 0.480 e. The molecule has 0 saturated heterocycles. The fourth-order valence-electron chi connectivity index (χ4n) is 1.57. The highest BCUT2D eigenvalue weighted by Crippen LogP contribution is 2.03. The first-order valence-corrected chi connectivity index (χ1v) is 5.75. The van der Waals surface area contributed by atoms with Crippen molar-refractivity contribution in [1.82, 2.24) is 5.32 Å². The monoisotopic (exact) mass is 248 g/mol. The van der Waals surface area contributed by atoms with E-state index in [9.17, 15) is 4.79 Å². The molecule has 1 unspecified atom stereocenters. The predicted octanol–water partition coefficient (Wildman–Crippen LogP) is 1.97. The van der Waals surface area contributed by atoms with Crippen LogP contribution in [0.15, 0.2) is 35.4 Å². The van der Waals surface area contributed by atoms with E-state index in [-0.39, 0.29) is 0 Å². The van der Waals surface area contributed by atoms with Crippen LogP contribution in [-0.2, 0) is 11.2 Å². The number of nitrogens with one attached hydrogen (secondary N) is 1. The van der Waals surface area contributed by atoms with E-state index in [1.165, 1.54) is 0 Å². The summed E-state index contributed by atoms with van der Waals surface area (Å²) in [4.78, 5) is 13.7. The lowest BCUT2D eigenvalue weighted by Crippen LogP contribution is -2.39. The van der Waals surface area contributed by atoms with Crippen molar-refractivity contribution in [2.75, 3.05) is 13.1 Å². The Bertz CT molecular complexity index is 415. The van der Waals surface area contributed by atoms with Gasteiger partial charge in [-0.25, -0.2) is 0 Å². The third-order valence-electron chi connectivity index (χ3n) is 2.47. The number of hydrogen-bond acceptors (Lipinski definition) is 3. The molecule has 1 aromatic rings. The quantitative estimate of drug-likeness (QED) is 0.318. The van der Waals surface area contributed by atoms with E-state index in [1.807, 2.05) is 30.3 Å². The molecule has 6 nitrogen and oxygen atoms in total. The van der Waals surface area contributed by atoms with E-state index < -0.39 is 12.0 Å². The Morgan fingerprint density at radius 1 is 1.44 bits per heavy atom. The number of rotatable bonds is 8. The molecule has 1 rings (SSSR count). The van der Waals surface area contributed by atoms with Gasteiger partial charge in [0.05, 0.1) is 0 Å². The standard InChI is InChI=1S/C12H16N4O2/c13-16-15-8-4-7-14-11(12(17)18)9-10-5-2-1-3-6-10/h1-3,5-6,11,14H,4,7-9H2,(H,17,18). The second-order valence-electron chi connectivity index (χ2n) is 3.84. The molecule has 1 aromatic carbocycles. The van der Waals surface area contributed by atoms with E-state index in [0.29, 0.717) is 25.9 Å². The number of azide groups is 1. The Morgan fingerprint density at radius 3 is 2.78 bits per heavy atom. The van der Waals surface area contributed by atoms with Gasteiger partial charge in [-0.2, -0.15) is 0 Å². The van der Waals surface area contributed by atoms with Gasteiger partial charge in [0.15, 0.2) is 0 Å². The van der Waals surface area contributed by atoms with E-state index in [2.05, 4.69) is 15.3 Å². The van der Waals surface area contributed by atoms with E-state index in [0.717, 1.165) is 5.56 Å². The minimum absolute atomic E-state index is 0.376. The Balaban J connectivity index is 2.41. The molecule has 18 heavy (non-hydrogen) atoms. The molecule has 0 aromatic heterocycles. The highest BCUT2D eigenvalue weighted by Gasteiger charge is 2.16. The van der Waals surface area contributed by atoms with Crippen molar-refractivity contribution in [2.45, 2.75) is 18.9 Å². The number of benzene rings is 1. The summed E-state index contributed by atoms with van der Waals surface area (Å²) in [6, 6.07) is 8.85. The molecule has 0 radical (unpaired) electrons. The van der Waals surface area contributed by atoms with Gasteiger partial charge in [-0.05, 0) is 30.5 Å². The summed E-state index contributed by atoms with van der Waals surface area (Å²) in [6.07, 6.45) is 1.07. The maximum Gasteiger partial charge on any atom is 0.321 e. The normalized spacial score (nSPS) is 11.6. The van der Waals surface area contributed by atoms with Crippen LogP contribution in [0.2, 0.25) is 0 Å². The van der Waals surface area contributed by atoms with Crippen LogP contribution in [0, 0.1) is 0 Å². The fourth-order valence-corrected chi connectivity index (χ4v) is 1.57. The topological polar surface area (TPSA) is 98.1 Å². The van der Waals surface area contributed by atoms with Crippen LogP contribution in [0.4, 0.5) is 0 Å². The molecule has 0 saturated carbocycles. The average Bonchev–Trinajstić information content (AvgIpc) is 2.38. The second kappa shape index (κ2) is 8.11. The van der Waals surface area contributed by atoms with Gasteiger partial charge < -0.3 is 10.4 Å². The molecule has 0 fully saturated rings. The van der Waals surface area contributed by atoms with Gasteiger partial charge in [0, 0.05) is 11.5 Å². The summed E-state index contributed by atoms with van der Waals surface area (Å²) in [5, 5.41) is 15.4. The lowest BCUT2D eigenvalue weighted by Gasteiger charge is -2.14. The Labute approximate surface area is 105 Å². The highest BCUT2D eigenvalue weighted by atomic mass is 16.4. The lowest BCUT2D eigenvalue weighted by atomic mass is 10.1. The zero-order valence-electron chi connectivity index (χ0n) is 9.99. The van der Waals surface area contributed by atoms with Gasteiger partial charge >= 0.3 is 5.97 Å². The number of carboxylic acid groups (broad SMARTS) is 1. The zero-order chi connectivity index (χ0) is 13.2. The highest BCUT2D eigenvalue weighted by molar-refractivity contribution is 5.73. The van der Waals surface area contributed by atoms with Gasteiger partial charge in [0.2, 0.25) is 0 Å². The van der Waals surface area contributed by atoms with Crippen LogP contribution >= 0.6 is 0 Å². The Morgan fingerprint density at radius 2 is 2.17 bits per heavy atom. The summed E-state index contributed by atoms with van der Waals surface area (Å²) in [6.45, 7) is 0.893. The van der Waals surface area contributed by atoms with Crippen LogP contribution in [0.5, 0.6) is 0 Å².